The summed E-state index contributed by atoms with van der Waals surface area (Å²) in [5.41, 5.74) is 0.899. The number of ether oxygens (including phenoxy) is 1. The summed E-state index contributed by atoms with van der Waals surface area (Å²) >= 11 is 7.55. The normalized spacial score (nSPS) is 15.6. The Morgan fingerprint density at radius 1 is 1.33 bits per heavy atom. The quantitative estimate of drug-likeness (QED) is 0.708. The SMILES string of the molecule is CCn1c(S[C@H](C)C(=O)NCc2ccccc2Cl)nnc1N1CCOCC1. The second-order valence-corrected chi connectivity index (χ2v) is 7.91. The van der Waals surface area contributed by atoms with E-state index in [1.807, 2.05) is 35.8 Å². The highest BCUT2D eigenvalue weighted by molar-refractivity contribution is 8.00. The number of hydrogen-bond acceptors (Lipinski definition) is 6. The van der Waals surface area contributed by atoms with Crippen LogP contribution in [-0.2, 0) is 22.6 Å². The monoisotopic (exact) mass is 409 g/mol. The number of aromatic nitrogens is 3. The molecule has 3 rings (SSSR count). The van der Waals surface area contributed by atoms with Crippen LogP contribution in [0.15, 0.2) is 29.4 Å². The molecule has 1 fully saturated rings. The first kappa shape index (κ1) is 20.0. The average Bonchev–Trinajstić information content (AvgIpc) is 3.10. The van der Waals surface area contributed by atoms with Gasteiger partial charge in [0.25, 0.3) is 0 Å². The van der Waals surface area contributed by atoms with Crippen molar-refractivity contribution in [2.45, 2.75) is 37.3 Å². The second kappa shape index (κ2) is 9.43. The minimum absolute atomic E-state index is 0.0569. The van der Waals surface area contributed by atoms with Crippen LogP contribution in [0.5, 0.6) is 0 Å². The summed E-state index contributed by atoms with van der Waals surface area (Å²) in [5, 5.41) is 12.7. The van der Waals surface area contributed by atoms with Gasteiger partial charge in [-0.25, -0.2) is 0 Å². The van der Waals surface area contributed by atoms with Gasteiger partial charge < -0.3 is 15.0 Å². The molecule has 7 nitrogen and oxygen atoms in total. The number of carbonyl (C=O) groups is 1. The molecule has 0 saturated carbocycles. The number of amides is 1. The molecule has 1 aromatic heterocycles. The molecular formula is C18H24ClN5O2S. The van der Waals surface area contributed by atoms with Gasteiger partial charge in [0, 0.05) is 31.2 Å². The molecule has 1 aliphatic heterocycles. The van der Waals surface area contributed by atoms with Crippen molar-refractivity contribution < 1.29 is 9.53 Å². The Labute approximate surface area is 168 Å². The maximum absolute atomic E-state index is 12.5. The fraction of sp³-hybridized carbons (Fsp3) is 0.500. The highest BCUT2D eigenvalue weighted by Gasteiger charge is 2.23. The van der Waals surface area contributed by atoms with E-state index in [-0.39, 0.29) is 11.2 Å². The summed E-state index contributed by atoms with van der Waals surface area (Å²) in [4.78, 5) is 14.7. The third kappa shape index (κ3) is 4.94. The number of rotatable bonds is 7. The molecule has 0 unspecified atom stereocenters. The van der Waals surface area contributed by atoms with Gasteiger partial charge in [0.2, 0.25) is 11.9 Å². The Kier molecular flexibility index (Phi) is 6.98. The number of nitrogens with zero attached hydrogens (tertiary/aromatic N) is 4. The van der Waals surface area contributed by atoms with E-state index in [0.717, 1.165) is 36.3 Å². The third-order valence-electron chi connectivity index (χ3n) is 4.37. The lowest BCUT2D eigenvalue weighted by atomic mass is 10.2. The highest BCUT2D eigenvalue weighted by atomic mass is 35.5. The number of carbonyl (C=O) groups excluding carboxylic acids is 1. The zero-order chi connectivity index (χ0) is 19.2. The fourth-order valence-electron chi connectivity index (χ4n) is 2.82. The number of thioether (sulfide) groups is 1. The number of halogens is 1. The molecule has 146 valence electrons. The van der Waals surface area contributed by atoms with E-state index in [2.05, 4.69) is 27.3 Å². The van der Waals surface area contributed by atoms with E-state index in [1.54, 1.807) is 0 Å². The molecule has 0 aliphatic carbocycles. The van der Waals surface area contributed by atoms with Crippen LogP contribution in [0.4, 0.5) is 5.95 Å². The highest BCUT2D eigenvalue weighted by Crippen LogP contribution is 2.26. The summed E-state index contributed by atoms with van der Waals surface area (Å²) in [6.45, 7) is 8.07. The molecule has 0 spiro atoms. The number of anilines is 1. The van der Waals surface area contributed by atoms with Crippen LogP contribution >= 0.6 is 23.4 Å². The molecule has 27 heavy (non-hydrogen) atoms. The van der Waals surface area contributed by atoms with Crippen LogP contribution < -0.4 is 10.2 Å². The van der Waals surface area contributed by atoms with Crippen LogP contribution in [0.2, 0.25) is 5.02 Å². The molecule has 1 saturated heterocycles. The summed E-state index contributed by atoms with van der Waals surface area (Å²) in [5.74, 6) is 0.783. The van der Waals surface area contributed by atoms with Gasteiger partial charge >= 0.3 is 0 Å². The van der Waals surface area contributed by atoms with E-state index in [1.165, 1.54) is 11.8 Å². The van der Waals surface area contributed by atoms with E-state index < -0.39 is 0 Å². The van der Waals surface area contributed by atoms with E-state index in [4.69, 9.17) is 16.3 Å². The minimum Gasteiger partial charge on any atom is -0.378 e. The Bertz CT molecular complexity index is 779. The zero-order valence-corrected chi connectivity index (χ0v) is 17.1. The molecule has 1 aliphatic rings. The Balaban J connectivity index is 1.61. The molecular weight excluding hydrogens is 386 g/mol. The van der Waals surface area contributed by atoms with Gasteiger partial charge in [0.05, 0.1) is 18.5 Å². The Hall–Kier alpha value is -1.77. The van der Waals surface area contributed by atoms with Crippen molar-refractivity contribution in [1.29, 1.82) is 0 Å². The van der Waals surface area contributed by atoms with Gasteiger partial charge in [-0.15, -0.1) is 10.2 Å². The van der Waals surface area contributed by atoms with E-state index in [9.17, 15) is 4.79 Å². The lowest BCUT2D eigenvalue weighted by Crippen LogP contribution is -2.38. The van der Waals surface area contributed by atoms with Crippen LogP contribution in [0.1, 0.15) is 19.4 Å². The largest absolute Gasteiger partial charge is 0.378 e. The van der Waals surface area contributed by atoms with Crippen LogP contribution in [0.3, 0.4) is 0 Å². The topological polar surface area (TPSA) is 72.3 Å². The lowest BCUT2D eigenvalue weighted by molar-refractivity contribution is -0.120. The van der Waals surface area contributed by atoms with Crippen LogP contribution in [0.25, 0.3) is 0 Å². The lowest BCUT2D eigenvalue weighted by Gasteiger charge is -2.27. The summed E-state index contributed by atoms with van der Waals surface area (Å²) < 4.78 is 7.45. The number of nitrogens with one attached hydrogen (secondary N) is 1. The van der Waals surface area contributed by atoms with Crippen LogP contribution in [0, 0.1) is 0 Å². The molecule has 1 aromatic carbocycles. The molecule has 2 heterocycles. The molecule has 0 bridgehead atoms. The molecule has 1 N–H and O–H groups in total. The van der Waals surface area contributed by atoms with Crippen molar-refractivity contribution >= 4 is 35.2 Å². The number of morpholine rings is 1. The smallest absolute Gasteiger partial charge is 0.233 e. The molecule has 1 atom stereocenters. The minimum atomic E-state index is -0.292. The number of benzene rings is 1. The second-order valence-electron chi connectivity index (χ2n) is 6.20. The van der Waals surface area contributed by atoms with E-state index >= 15 is 0 Å². The Morgan fingerprint density at radius 3 is 2.78 bits per heavy atom. The first-order valence-corrected chi connectivity index (χ1v) is 10.3. The van der Waals surface area contributed by atoms with E-state index in [0.29, 0.717) is 24.8 Å². The summed E-state index contributed by atoms with van der Waals surface area (Å²) in [6, 6.07) is 7.50. The maximum Gasteiger partial charge on any atom is 0.233 e. The number of hydrogen-bond donors (Lipinski definition) is 1. The molecule has 1 amide bonds. The van der Waals surface area contributed by atoms with Crippen molar-refractivity contribution in [3.8, 4) is 0 Å². The van der Waals surface area contributed by atoms with Crippen molar-refractivity contribution in [3.05, 3.63) is 34.9 Å². The van der Waals surface area contributed by atoms with Gasteiger partial charge in [0.15, 0.2) is 5.16 Å². The van der Waals surface area contributed by atoms with Crippen molar-refractivity contribution in [3.63, 3.8) is 0 Å². The first-order chi connectivity index (χ1) is 13.1. The average molecular weight is 410 g/mol. The van der Waals surface area contributed by atoms with Gasteiger partial charge in [-0.1, -0.05) is 41.6 Å². The predicted octanol–water partition coefficient (Wildman–Crippen LogP) is 2.59. The van der Waals surface area contributed by atoms with Crippen molar-refractivity contribution in [2.24, 2.45) is 0 Å². The van der Waals surface area contributed by atoms with Gasteiger partial charge in [0.1, 0.15) is 0 Å². The third-order valence-corrected chi connectivity index (χ3v) is 5.82. The predicted molar refractivity (Wildman–Crippen MR) is 107 cm³/mol. The molecule has 2 aromatic rings. The molecule has 9 heteroatoms. The van der Waals surface area contributed by atoms with Crippen molar-refractivity contribution in [2.75, 3.05) is 31.2 Å². The van der Waals surface area contributed by atoms with Crippen molar-refractivity contribution in [1.82, 2.24) is 20.1 Å². The zero-order valence-electron chi connectivity index (χ0n) is 15.5. The summed E-state index contributed by atoms with van der Waals surface area (Å²) in [6.07, 6.45) is 0. The van der Waals surface area contributed by atoms with Gasteiger partial charge in [-0.2, -0.15) is 0 Å². The van der Waals surface area contributed by atoms with Gasteiger partial charge in [-0.05, 0) is 25.5 Å². The summed E-state index contributed by atoms with van der Waals surface area (Å²) in [7, 11) is 0. The maximum atomic E-state index is 12.5. The Morgan fingerprint density at radius 2 is 2.07 bits per heavy atom. The fourth-order valence-corrected chi connectivity index (χ4v) is 3.96. The molecule has 0 radical (unpaired) electrons. The van der Waals surface area contributed by atoms with Gasteiger partial charge in [-0.3, -0.25) is 9.36 Å². The standard InChI is InChI=1S/C18H24ClN5O2S/c1-3-24-17(23-8-10-26-11-9-23)21-22-18(24)27-13(2)16(25)20-12-14-6-4-5-7-15(14)19/h4-7,13H,3,8-12H2,1-2H3,(H,20,25)/t13-/m1/s1. The van der Waals surface area contributed by atoms with Crippen LogP contribution in [-0.4, -0.2) is 52.2 Å². The first-order valence-electron chi connectivity index (χ1n) is 9.03.